The van der Waals surface area contributed by atoms with Crippen molar-refractivity contribution in [2.24, 2.45) is 7.05 Å². The summed E-state index contributed by atoms with van der Waals surface area (Å²) >= 11 is 0. The largest absolute Gasteiger partial charge is 0.494 e. The molecular weight excluding hydrogens is 476 g/mol. The number of rotatable bonds is 12. The topological polar surface area (TPSA) is 149 Å². The minimum atomic E-state index is -0.0651. The first-order valence-corrected chi connectivity index (χ1v) is 11.7. The lowest BCUT2D eigenvalue weighted by atomic mass is 10.1. The highest BCUT2D eigenvalue weighted by Crippen LogP contribution is 2.37. The Morgan fingerprint density at radius 1 is 1.11 bits per heavy atom. The lowest BCUT2D eigenvalue weighted by Crippen LogP contribution is -2.07. The van der Waals surface area contributed by atoms with Crippen LogP contribution >= 0.6 is 0 Å². The second-order valence-electron chi connectivity index (χ2n) is 7.92. The first-order chi connectivity index (χ1) is 18.0. The van der Waals surface area contributed by atoms with Crippen LogP contribution in [0.3, 0.4) is 0 Å². The lowest BCUT2D eigenvalue weighted by molar-refractivity contribution is 0.0988. The Labute approximate surface area is 213 Å². The predicted octanol–water partition coefficient (Wildman–Crippen LogP) is 3.52. The van der Waals surface area contributed by atoms with Gasteiger partial charge in [0.05, 0.1) is 36.2 Å². The number of Topliss-reactive ketones (excluding diaryl/α,β-unsaturated/α-hetero) is 1. The predicted molar refractivity (Wildman–Crippen MR) is 138 cm³/mol. The Morgan fingerprint density at radius 3 is 2.70 bits per heavy atom. The molecule has 0 saturated heterocycles. The van der Waals surface area contributed by atoms with E-state index in [4.69, 9.17) is 14.6 Å². The molecule has 12 heteroatoms. The third kappa shape index (κ3) is 6.16. The quantitative estimate of drug-likeness (QED) is 0.192. The van der Waals surface area contributed by atoms with Crippen molar-refractivity contribution in [3.05, 3.63) is 54.6 Å². The van der Waals surface area contributed by atoms with E-state index in [9.17, 15) is 4.79 Å². The van der Waals surface area contributed by atoms with Gasteiger partial charge < -0.3 is 25.2 Å². The summed E-state index contributed by atoms with van der Waals surface area (Å²) in [6.07, 6.45) is 5.49. The van der Waals surface area contributed by atoms with Gasteiger partial charge >= 0.3 is 6.01 Å². The van der Waals surface area contributed by atoms with Crippen LogP contribution < -0.4 is 20.1 Å². The molecule has 0 unspecified atom stereocenters. The number of ether oxygens (including phenoxy) is 2. The van der Waals surface area contributed by atoms with Gasteiger partial charge in [-0.2, -0.15) is 10.1 Å². The number of hydrogen-bond donors (Lipinski definition) is 3. The number of aliphatic hydroxyl groups excluding tert-OH is 1. The van der Waals surface area contributed by atoms with Crippen molar-refractivity contribution in [1.82, 2.24) is 29.7 Å². The third-order valence-corrected chi connectivity index (χ3v) is 5.28. The number of aromatic nitrogens is 6. The van der Waals surface area contributed by atoms with E-state index in [1.54, 1.807) is 50.4 Å². The van der Waals surface area contributed by atoms with Crippen LogP contribution in [0.1, 0.15) is 30.1 Å². The summed E-state index contributed by atoms with van der Waals surface area (Å²) in [5.41, 5.74) is 2.32. The molecule has 1 aromatic carbocycles. The molecule has 0 aliphatic rings. The van der Waals surface area contributed by atoms with Gasteiger partial charge in [0.15, 0.2) is 17.4 Å². The molecular formula is C25H28N8O4. The van der Waals surface area contributed by atoms with Gasteiger partial charge in [0.2, 0.25) is 0 Å². The highest BCUT2D eigenvalue weighted by atomic mass is 16.5. The number of nitrogens with zero attached hydrogens (tertiary/aromatic N) is 6. The van der Waals surface area contributed by atoms with Gasteiger partial charge in [-0.1, -0.05) is 13.0 Å². The smallest absolute Gasteiger partial charge is 0.318 e. The highest BCUT2D eigenvalue weighted by Gasteiger charge is 2.18. The monoisotopic (exact) mass is 504 g/mol. The zero-order chi connectivity index (χ0) is 26.2. The second-order valence-corrected chi connectivity index (χ2v) is 7.92. The van der Waals surface area contributed by atoms with Crippen LogP contribution in [0.25, 0.3) is 11.4 Å². The van der Waals surface area contributed by atoms with Crippen LogP contribution in [0.4, 0.5) is 23.0 Å². The molecule has 4 aromatic rings. The third-order valence-electron chi connectivity index (χ3n) is 5.28. The average molecular weight is 505 g/mol. The normalized spacial score (nSPS) is 10.7. The summed E-state index contributed by atoms with van der Waals surface area (Å²) in [4.78, 5) is 29.8. The average Bonchev–Trinajstić information content (AvgIpc) is 3.34. The number of hydrogen-bond acceptors (Lipinski definition) is 11. The van der Waals surface area contributed by atoms with Crippen molar-refractivity contribution < 1.29 is 19.4 Å². The molecule has 0 spiro atoms. The van der Waals surface area contributed by atoms with Crippen molar-refractivity contribution in [2.75, 3.05) is 31.0 Å². The summed E-state index contributed by atoms with van der Waals surface area (Å²) in [5, 5.41) is 19.7. The van der Waals surface area contributed by atoms with Crippen molar-refractivity contribution in [3.63, 3.8) is 0 Å². The number of benzene rings is 1. The molecule has 0 bridgehead atoms. The molecule has 0 aliphatic heterocycles. The fourth-order valence-electron chi connectivity index (χ4n) is 3.52. The van der Waals surface area contributed by atoms with Crippen molar-refractivity contribution in [3.8, 4) is 23.1 Å². The zero-order valence-corrected chi connectivity index (χ0v) is 20.8. The molecule has 4 rings (SSSR count). The molecule has 3 N–H and O–H groups in total. The molecule has 192 valence electrons. The van der Waals surface area contributed by atoms with Crippen LogP contribution in [-0.2, 0) is 7.05 Å². The first kappa shape index (κ1) is 25.5. The van der Waals surface area contributed by atoms with Gasteiger partial charge in [0.25, 0.3) is 0 Å². The molecule has 0 fully saturated rings. The maximum absolute atomic E-state index is 12.7. The molecule has 0 radical (unpaired) electrons. The number of anilines is 4. The van der Waals surface area contributed by atoms with Gasteiger partial charge in [-0.05, 0) is 18.2 Å². The van der Waals surface area contributed by atoms with Crippen LogP contribution in [0.2, 0.25) is 0 Å². The highest BCUT2D eigenvalue weighted by molar-refractivity contribution is 6.02. The molecule has 37 heavy (non-hydrogen) atoms. The molecule has 3 heterocycles. The van der Waals surface area contributed by atoms with E-state index in [1.165, 1.54) is 6.20 Å². The van der Waals surface area contributed by atoms with Crippen molar-refractivity contribution in [1.29, 1.82) is 0 Å². The zero-order valence-electron chi connectivity index (χ0n) is 20.8. The summed E-state index contributed by atoms with van der Waals surface area (Å²) in [7, 11) is 3.36. The number of carbonyl (C=O) groups is 1. The Morgan fingerprint density at radius 2 is 1.97 bits per heavy atom. The van der Waals surface area contributed by atoms with E-state index in [-0.39, 0.29) is 18.4 Å². The molecule has 12 nitrogen and oxygen atoms in total. The molecule has 0 saturated carbocycles. The minimum absolute atomic E-state index is 0.0204. The fraction of sp³-hybridized carbons (Fsp3) is 0.280. The Bertz CT molecular complexity index is 1370. The standard InChI is InChI=1S/C25H28N8O4/c1-4-20(35)17-14-27-22(30-21-9-10-26-25(31-21)37-12-6-11-34)13-19(17)29-18-8-5-7-16(23(18)36-3)24-28-15-33(2)32-24/h5,7-10,13-15,34H,4,6,11-12H2,1-3H3,(H2,26,27,29,30,31). The van der Waals surface area contributed by atoms with Crippen LogP contribution in [0.15, 0.2) is 49.1 Å². The van der Waals surface area contributed by atoms with Crippen LogP contribution in [0, 0.1) is 0 Å². The number of pyridine rings is 1. The van der Waals surface area contributed by atoms with Gasteiger partial charge in [0, 0.05) is 45.0 Å². The lowest BCUT2D eigenvalue weighted by Gasteiger charge is -2.17. The fourth-order valence-corrected chi connectivity index (χ4v) is 3.52. The minimum Gasteiger partial charge on any atom is -0.494 e. The Kier molecular flexibility index (Phi) is 8.21. The number of nitrogens with one attached hydrogen (secondary N) is 2. The van der Waals surface area contributed by atoms with E-state index in [2.05, 4.69) is 35.7 Å². The maximum Gasteiger partial charge on any atom is 0.318 e. The number of para-hydroxylation sites is 1. The van der Waals surface area contributed by atoms with Gasteiger partial charge in [-0.15, -0.1) is 0 Å². The molecule has 3 aromatic heterocycles. The van der Waals surface area contributed by atoms with E-state index in [0.29, 0.717) is 65.2 Å². The molecule has 0 amide bonds. The maximum atomic E-state index is 12.7. The SMILES string of the molecule is CCC(=O)c1cnc(Nc2ccnc(OCCCO)n2)cc1Nc1cccc(-c2ncn(C)n2)c1OC. The number of methoxy groups -OCH3 is 1. The number of aliphatic hydroxyl groups is 1. The molecule has 0 aliphatic carbocycles. The van der Waals surface area contributed by atoms with E-state index in [0.717, 1.165) is 0 Å². The van der Waals surface area contributed by atoms with Crippen molar-refractivity contribution >= 4 is 28.8 Å². The second kappa shape index (κ2) is 11.9. The summed E-state index contributed by atoms with van der Waals surface area (Å²) in [5.74, 6) is 1.91. The van der Waals surface area contributed by atoms with Gasteiger partial charge in [0.1, 0.15) is 18.0 Å². The Hall–Kier alpha value is -4.58. The number of ketones is 1. The number of carbonyl (C=O) groups excluding carboxylic acids is 1. The van der Waals surface area contributed by atoms with E-state index in [1.807, 2.05) is 18.2 Å². The molecule has 0 atom stereocenters. The van der Waals surface area contributed by atoms with Crippen LogP contribution in [-0.4, -0.2) is 60.9 Å². The van der Waals surface area contributed by atoms with E-state index < -0.39 is 0 Å². The summed E-state index contributed by atoms with van der Waals surface area (Å²) in [6.45, 7) is 2.12. The van der Waals surface area contributed by atoms with Crippen LogP contribution in [0.5, 0.6) is 11.8 Å². The number of aryl methyl sites for hydroxylation is 1. The van der Waals surface area contributed by atoms with Gasteiger partial charge in [-0.25, -0.2) is 15.0 Å². The first-order valence-electron chi connectivity index (χ1n) is 11.7. The summed E-state index contributed by atoms with van der Waals surface area (Å²) < 4.78 is 12.8. The summed E-state index contributed by atoms with van der Waals surface area (Å²) in [6, 6.07) is 9.15. The van der Waals surface area contributed by atoms with Crippen molar-refractivity contribution in [2.45, 2.75) is 19.8 Å². The van der Waals surface area contributed by atoms with E-state index >= 15 is 0 Å². The Balaban J connectivity index is 1.65. The van der Waals surface area contributed by atoms with Gasteiger partial charge in [-0.3, -0.25) is 9.48 Å².